The smallest absolute Gasteiger partial charge is 0.346 e. The molecule has 2 aromatic heterocycles. The van der Waals surface area contributed by atoms with E-state index in [0.717, 1.165) is 17.0 Å². The number of thiophene rings is 1. The summed E-state index contributed by atoms with van der Waals surface area (Å²) in [5.74, 6) is -0.788. The largest absolute Gasteiger partial charge is 0.391 e. The predicted molar refractivity (Wildman–Crippen MR) is 144 cm³/mol. The quantitative estimate of drug-likeness (QED) is 0.396. The van der Waals surface area contributed by atoms with Crippen molar-refractivity contribution in [3.63, 3.8) is 0 Å². The van der Waals surface area contributed by atoms with Crippen molar-refractivity contribution in [1.29, 1.82) is 0 Å². The third-order valence-electron chi connectivity index (χ3n) is 7.50. The highest BCUT2D eigenvalue weighted by Gasteiger charge is 2.42. The molecule has 0 aromatic carbocycles. The van der Waals surface area contributed by atoms with Crippen molar-refractivity contribution in [2.24, 2.45) is 17.8 Å². The van der Waals surface area contributed by atoms with Gasteiger partial charge < -0.3 is 5.32 Å². The van der Waals surface area contributed by atoms with Crippen molar-refractivity contribution in [2.45, 2.75) is 76.7 Å². The number of aromatic nitrogens is 1. The molecule has 212 valence electrons. The van der Waals surface area contributed by atoms with E-state index >= 15 is 0 Å². The van der Waals surface area contributed by atoms with Crippen LogP contribution in [0.3, 0.4) is 0 Å². The lowest BCUT2D eigenvalue weighted by atomic mass is 9.81. The van der Waals surface area contributed by atoms with Gasteiger partial charge in [-0.2, -0.15) is 13.2 Å². The second-order valence-electron chi connectivity index (χ2n) is 10.4. The number of halogens is 4. The third kappa shape index (κ3) is 6.89. The number of fused-ring (bicyclic) bond motifs is 1. The average Bonchev–Trinajstić information content (AvgIpc) is 3.40. The molecule has 1 N–H and O–H groups in total. The van der Waals surface area contributed by atoms with E-state index in [1.54, 1.807) is 13.0 Å². The Balaban J connectivity index is 0.00000400. The Morgan fingerprint density at radius 3 is 2.45 bits per heavy atom. The van der Waals surface area contributed by atoms with Gasteiger partial charge in [0, 0.05) is 30.2 Å². The molecule has 4 rings (SSSR count). The topological polar surface area (TPSA) is 79.4 Å². The molecule has 0 saturated heterocycles. The molecular weight excluding hydrogens is 559 g/mol. The molecule has 1 atom stereocenters. The van der Waals surface area contributed by atoms with Crippen LogP contribution < -0.4 is 5.32 Å². The van der Waals surface area contributed by atoms with E-state index in [1.165, 1.54) is 23.6 Å². The zero-order valence-electron chi connectivity index (χ0n) is 21.8. The van der Waals surface area contributed by atoms with Crippen molar-refractivity contribution >= 4 is 39.5 Å². The summed E-state index contributed by atoms with van der Waals surface area (Å²) in [5.41, 5.74) is 1.68. The summed E-state index contributed by atoms with van der Waals surface area (Å²) in [6.45, 7) is 7.53. The number of nitrogens with zero attached hydrogens (tertiary/aromatic N) is 2. The lowest BCUT2D eigenvalue weighted by Gasteiger charge is -2.35. The van der Waals surface area contributed by atoms with Gasteiger partial charge in [-0.05, 0) is 61.3 Å². The number of carbonyl (C=O) groups is 1. The van der Waals surface area contributed by atoms with Gasteiger partial charge in [0.25, 0.3) is 5.91 Å². The van der Waals surface area contributed by atoms with E-state index in [-0.39, 0.29) is 60.3 Å². The molecule has 0 bridgehead atoms. The summed E-state index contributed by atoms with van der Waals surface area (Å²) in [4.78, 5) is 21.3. The molecule has 1 aliphatic heterocycles. The first-order chi connectivity index (χ1) is 17.4. The summed E-state index contributed by atoms with van der Waals surface area (Å²) in [6.07, 6.45) is -1.13. The van der Waals surface area contributed by atoms with Crippen LogP contribution in [0.2, 0.25) is 0 Å². The molecule has 1 saturated carbocycles. The zero-order valence-corrected chi connectivity index (χ0v) is 24.2. The van der Waals surface area contributed by atoms with Crippen molar-refractivity contribution < 1.29 is 26.4 Å². The van der Waals surface area contributed by atoms with Crippen molar-refractivity contribution in [2.75, 3.05) is 12.3 Å². The van der Waals surface area contributed by atoms with Gasteiger partial charge >= 0.3 is 6.18 Å². The van der Waals surface area contributed by atoms with Crippen LogP contribution in [0.25, 0.3) is 0 Å². The molecule has 1 unspecified atom stereocenters. The van der Waals surface area contributed by atoms with Gasteiger partial charge in [0.2, 0.25) is 0 Å². The number of rotatable bonds is 8. The lowest BCUT2D eigenvalue weighted by Crippen LogP contribution is -2.35. The highest BCUT2D eigenvalue weighted by Crippen LogP contribution is 2.46. The third-order valence-corrected chi connectivity index (χ3v) is 10.5. The van der Waals surface area contributed by atoms with Crippen molar-refractivity contribution in [1.82, 2.24) is 15.2 Å². The molecule has 3 heterocycles. The maximum absolute atomic E-state index is 13.0. The number of pyridine rings is 1. The summed E-state index contributed by atoms with van der Waals surface area (Å²) in [7, 11) is -3.32. The Bertz CT molecular complexity index is 1210. The number of hydrogen-bond acceptors (Lipinski definition) is 6. The van der Waals surface area contributed by atoms with E-state index in [0.29, 0.717) is 35.9 Å². The van der Waals surface area contributed by atoms with Gasteiger partial charge in [0.15, 0.2) is 9.84 Å². The summed E-state index contributed by atoms with van der Waals surface area (Å²) < 4.78 is 63.0. The summed E-state index contributed by atoms with van der Waals surface area (Å²) >= 11 is 1.48. The molecule has 1 amide bonds. The molecule has 12 heteroatoms. The van der Waals surface area contributed by atoms with Crippen LogP contribution in [0.15, 0.2) is 29.3 Å². The molecule has 0 radical (unpaired) electrons. The Morgan fingerprint density at radius 1 is 1.21 bits per heavy atom. The Labute approximate surface area is 232 Å². The van der Waals surface area contributed by atoms with Gasteiger partial charge in [-0.1, -0.05) is 20.8 Å². The SMILES string of the molecule is CCS(=O)(=O)c1ccc(CNC(=O)c2cc3c(s2)C(C(C)C)N(CC2CCC(C(F)(F)F)CC2)C3)nc1.Cl. The van der Waals surface area contributed by atoms with Gasteiger partial charge in [-0.15, -0.1) is 23.7 Å². The minimum atomic E-state index is -4.09. The molecule has 1 aliphatic carbocycles. The standard InChI is InChI=1S/C26H34F3N3O3S2.ClH/c1-4-37(34,35)21-10-9-20(30-13-21)12-31-25(33)22-11-18-15-32(23(16(2)3)24(18)36-22)14-17-5-7-19(8-6-17)26(27,28)29;/h9-11,13,16-17,19,23H,4-8,12,14-15H2,1-3H3,(H,31,33);1H. The predicted octanol–water partition coefficient (Wildman–Crippen LogP) is 6.17. The van der Waals surface area contributed by atoms with Gasteiger partial charge in [0.1, 0.15) is 0 Å². The molecule has 0 spiro atoms. The Hall–Kier alpha value is -1.69. The van der Waals surface area contributed by atoms with Crippen LogP contribution in [0.4, 0.5) is 13.2 Å². The minimum absolute atomic E-state index is 0. The first-order valence-corrected chi connectivity index (χ1v) is 15.2. The van der Waals surface area contributed by atoms with E-state index in [4.69, 9.17) is 0 Å². The first kappa shape index (κ1) is 30.8. The lowest BCUT2D eigenvalue weighted by molar-refractivity contribution is -0.184. The first-order valence-electron chi connectivity index (χ1n) is 12.8. The monoisotopic (exact) mass is 593 g/mol. The number of hydrogen-bond donors (Lipinski definition) is 1. The number of alkyl halides is 3. The molecule has 2 aromatic rings. The number of carbonyl (C=O) groups excluding carboxylic acids is 1. The van der Waals surface area contributed by atoms with E-state index in [1.807, 2.05) is 6.07 Å². The van der Waals surface area contributed by atoms with E-state index in [9.17, 15) is 26.4 Å². The molecule has 2 aliphatic rings. The van der Waals surface area contributed by atoms with Crippen LogP contribution >= 0.6 is 23.7 Å². The fourth-order valence-electron chi connectivity index (χ4n) is 5.44. The van der Waals surface area contributed by atoms with Crippen LogP contribution in [0.1, 0.15) is 78.3 Å². The normalized spacial score (nSPS) is 22.2. The maximum atomic E-state index is 13.0. The Morgan fingerprint density at radius 2 is 1.89 bits per heavy atom. The zero-order chi connectivity index (χ0) is 27.0. The van der Waals surface area contributed by atoms with Crippen molar-refractivity contribution in [3.05, 3.63) is 45.4 Å². The number of nitrogens with one attached hydrogen (secondary N) is 1. The van der Waals surface area contributed by atoms with Crippen LogP contribution in [0, 0.1) is 17.8 Å². The van der Waals surface area contributed by atoms with E-state index in [2.05, 4.69) is 29.0 Å². The van der Waals surface area contributed by atoms with Gasteiger partial charge in [-0.25, -0.2) is 8.42 Å². The van der Waals surface area contributed by atoms with Gasteiger partial charge in [0.05, 0.1) is 33.7 Å². The number of amides is 1. The van der Waals surface area contributed by atoms with Crippen LogP contribution in [0.5, 0.6) is 0 Å². The highest BCUT2D eigenvalue weighted by atomic mass is 35.5. The number of sulfone groups is 1. The Kier molecular flexibility index (Phi) is 9.92. The fraction of sp³-hybridized carbons (Fsp3) is 0.615. The highest BCUT2D eigenvalue weighted by molar-refractivity contribution is 7.91. The molecule has 6 nitrogen and oxygen atoms in total. The minimum Gasteiger partial charge on any atom is -0.346 e. The summed E-state index contributed by atoms with van der Waals surface area (Å²) in [5, 5.41) is 2.87. The van der Waals surface area contributed by atoms with Crippen molar-refractivity contribution in [3.8, 4) is 0 Å². The second kappa shape index (κ2) is 12.2. The van der Waals surface area contributed by atoms with Crippen LogP contribution in [-0.4, -0.2) is 42.7 Å². The summed E-state index contributed by atoms with van der Waals surface area (Å²) in [6, 6.07) is 5.18. The molecule has 38 heavy (non-hydrogen) atoms. The maximum Gasteiger partial charge on any atom is 0.391 e. The van der Waals surface area contributed by atoms with E-state index < -0.39 is 21.9 Å². The fourth-order valence-corrected chi connectivity index (χ4v) is 7.66. The second-order valence-corrected chi connectivity index (χ2v) is 13.8. The van der Waals surface area contributed by atoms with Gasteiger partial charge in [-0.3, -0.25) is 14.7 Å². The molecular formula is C26H35ClF3N3O3S2. The van der Waals surface area contributed by atoms with Crippen LogP contribution in [-0.2, 0) is 22.9 Å². The average molecular weight is 594 g/mol. The molecule has 1 fully saturated rings.